The smallest absolute Gasteiger partial charge is 0.335 e. The summed E-state index contributed by atoms with van der Waals surface area (Å²) in [5.41, 5.74) is 2.68. The molecule has 0 spiro atoms. The summed E-state index contributed by atoms with van der Waals surface area (Å²) in [7, 11) is 0. The third-order valence-corrected chi connectivity index (χ3v) is 7.22. The summed E-state index contributed by atoms with van der Waals surface area (Å²) in [6.45, 7) is 2.16. The lowest BCUT2D eigenvalue weighted by Crippen LogP contribution is -2.27. The molecule has 2 unspecified atom stereocenters. The Labute approximate surface area is 190 Å². The van der Waals surface area contributed by atoms with Crippen molar-refractivity contribution in [3.8, 4) is 0 Å². The molecule has 32 heavy (non-hydrogen) atoms. The molecular formula is C28H34O4. The summed E-state index contributed by atoms with van der Waals surface area (Å²) < 4.78 is 6.25. The van der Waals surface area contributed by atoms with Gasteiger partial charge < -0.3 is 14.9 Å². The molecule has 2 aliphatic rings. The van der Waals surface area contributed by atoms with Crippen molar-refractivity contribution in [2.75, 3.05) is 0 Å². The van der Waals surface area contributed by atoms with Crippen LogP contribution in [0, 0.1) is 11.8 Å². The Kier molecular flexibility index (Phi) is 7.44. The molecule has 2 bridgehead atoms. The van der Waals surface area contributed by atoms with Crippen molar-refractivity contribution < 1.29 is 19.7 Å². The highest BCUT2D eigenvalue weighted by Gasteiger charge is 2.47. The Bertz CT molecular complexity index is 905. The normalized spacial score (nSPS) is 26.4. The van der Waals surface area contributed by atoms with E-state index >= 15 is 0 Å². The van der Waals surface area contributed by atoms with E-state index in [1.165, 1.54) is 5.56 Å². The van der Waals surface area contributed by atoms with E-state index in [2.05, 4.69) is 25.1 Å². The van der Waals surface area contributed by atoms with E-state index in [9.17, 15) is 9.90 Å². The second-order valence-corrected chi connectivity index (χ2v) is 9.25. The third kappa shape index (κ3) is 5.13. The minimum atomic E-state index is -0.890. The standard InChI is InChI=1S/C28H34O4/c1-2-6-22(20-7-4-3-5-8-20)25(29)16-15-24-23(26-17-18-27(24)32-26)14-11-19-9-12-21(13-10-19)28(30)31/h3-5,7-10,12-13,15-16,22-27,29H,2,6,11,14,17-18H2,1H3,(H,30,31)/t22?,23-,24+,25?,26-,27+/m1/s1. The van der Waals surface area contributed by atoms with Crippen molar-refractivity contribution in [2.45, 2.75) is 69.7 Å². The number of aliphatic hydroxyl groups excluding tert-OH is 1. The maximum Gasteiger partial charge on any atom is 0.335 e. The molecule has 4 nitrogen and oxygen atoms in total. The first-order valence-corrected chi connectivity index (χ1v) is 12.0. The average Bonchev–Trinajstić information content (AvgIpc) is 3.42. The lowest BCUT2D eigenvalue weighted by Gasteiger charge is -2.27. The molecule has 170 valence electrons. The van der Waals surface area contributed by atoms with E-state index in [4.69, 9.17) is 9.84 Å². The van der Waals surface area contributed by atoms with Crippen molar-refractivity contribution in [2.24, 2.45) is 11.8 Å². The summed E-state index contributed by atoms with van der Waals surface area (Å²) in [6, 6.07) is 17.5. The van der Waals surface area contributed by atoms with Gasteiger partial charge in [-0.3, -0.25) is 0 Å². The van der Waals surface area contributed by atoms with Gasteiger partial charge in [-0.15, -0.1) is 0 Å². The first kappa shape index (κ1) is 22.8. The molecule has 2 aromatic carbocycles. The second kappa shape index (κ2) is 10.5. The van der Waals surface area contributed by atoms with E-state index in [1.807, 2.05) is 36.4 Å². The van der Waals surface area contributed by atoms with Crippen molar-refractivity contribution in [1.29, 1.82) is 0 Å². The van der Waals surface area contributed by atoms with Gasteiger partial charge >= 0.3 is 5.97 Å². The van der Waals surface area contributed by atoms with Gasteiger partial charge in [0.1, 0.15) is 0 Å². The van der Waals surface area contributed by atoms with Crippen LogP contribution in [-0.4, -0.2) is 34.5 Å². The molecular weight excluding hydrogens is 400 g/mol. The number of ether oxygens (including phenoxy) is 1. The highest BCUT2D eigenvalue weighted by atomic mass is 16.5. The van der Waals surface area contributed by atoms with Crippen molar-refractivity contribution in [3.05, 3.63) is 83.4 Å². The van der Waals surface area contributed by atoms with Gasteiger partial charge in [-0.2, -0.15) is 0 Å². The maximum atomic E-state index is 11.1. The number of hydrogen-bond donors (Lipinski definition) is 2. The predicted octanol–water partition coefficient (Wildman–Crippen LogP) is 5.61. The number of carbonyl (C=O) groups is 1. The Morgan fingerprint density at radius 2 is 1.81 bits per heavy atom. The molecule has 0 amide bonds. The first-order valence-electron chi connectivity index (χ1n) is 12.0. The lowest BCUT2D eigenvalue weighted by molar-refractivity contribution is 0.0697. The third-order valence-electron chi connectivity index (χ3n) is 7.22. The summed E-state index contributed by atoms with van der Waals surface area (Å²) >= 11 is 0. The Morgan fingerprint density at radius 1 is 1.09 bits per heavy atom. The van der Waals surface area contributed by atoms with Crippen LogP contribution in [0.4, 0.5) is 0 Å². The monoisotopic (exact) mass is 434 g/mol. The van der Waals surface area contributed by atoms with Crippen molar-refractivity contribution in [1.82, 2.24) is 0 Å². The number of hydrogen-bond acceptors (Lipinski definition) is 3. The average molecular weight is 435 g/mol. The minimum Gasteiger partial charge on any atom is -0.478 e. The summed E-state index contributed by atoms with van der Waals surface area (Å²) in [5, 5.41) is 20.1. The van der Waals surface area contributed by atoms with Crippen molar-refractivity contribution >= 4 is 5.97 Å². The van der Waals surface area contributed by atoms with Gasteiger partial charge in [-0.05, 0) is 61.3 Å². The number of aliphatic hydroxyl groups is 1. The summed E-state index contributed by atoms with van der Waals surface area (Å²) in [6.07, 6.45) is 10.4. The van der Waals surface area contributed by atoms with Gasteiger partial charge in [-0.25, -0.2) is 4.79 Å². The highest BCUT2D eigenvalue weighted by molar-refractivity contribution is 5.87. The van der Waals surface area contributed by atoms with Crippen LogP contribution in [0.2, 0.25) is 0 Å². The molecule has 4 rings (SSSR count). The molecule has 0 saturated carbocycles. The van der Waals surface area contributed by atoms with E-state index in [0.29, 0.717) is 23.5 Å². The zero-order valence-electron chi connectivity index (χ0n) is 18.8. The first-order chi connectivity index (χ1) is 15.6. The number of rotatable bonds is 10. The van der Waals surface area contributed by atoms with Gasteiger partial charge in [0.05, 0.1) is 23.9 Å². The molecule has 6 atom stereocenters. The summed E-state index contributed by atoms with van der Waals surface area (Å²) in [5.74, 6) is -0.000654. The molecule has 2 fully saturated rings. The fourth-order valence-electron chi connectivity index (χ4n) is 5.53. The van der Waals surface area contributed by atoms with E-state index in [-0.39, 0.29) is 12.0 Å². The van der Waals surface area contributed by atoms with Gasteiger partial charge in [-0.1, -0.05) is 68.0 Å². The van der Waals surface area contributed by atoms with Crippen LogP contribution in [0.3, 0.4) is 0 Å². The largest absolute Gasteiger partial charge is 0.478 e. The predicted molar refractivity (Wildman–Crippen MR) is 126 cm³/mol. The quantitative estimate of drug-likeness (QED) is 0.477. The van der Waals surface area contributed by atoms with Gasteiger partial charge in [0.25, 0.3) is 0 Å². The van der Waals surface area contributed by atoms with E-state index in [1.54, 1.807) is 12.1 Å². The SMILES string of the molecule is CCCC(c1ccccc1)C(O)C=C[C@H]1[C@@H](CCc2ccc(C(=O)O)cc2)[C@H]2CC[C@@H]1O2. The molecule has 2 N–H and O–H groups in total. The van der Waals surface area contributed by atoms with Crippen LogP contribution in [-0.2, 0) is 11.2 Å². The van der Waals surface area contributed by atoms with Crippen LogP contribution < -0.4 is 0 Å². The molecule has 2 saturated heterocycles. The fraction of sp³-hybridized carbons (Fsp3) is 0.464. The zero-order chi connectivity index (χ0) is 22.5. The number of benzene rings is 2. The fourth-order valence-corrected chi connectivity index (χ4v) is 5.53. The number of aromatic carboxylic acids is 1. The molecule has 0 radical (unpaired) electrons. The second-order valence-electron chi connectivity index (χ2n) is 9.25. The molecule has 2 heterocycles. The van der Waals surface area contributed by atoms with Crippen LogP contribution in [0.1, 0.15) is 66.4 Å². The van der Waals surface area contributed by atoms with Crippen LogP contribution >= 0.6 is 0 Å². The Morgan fingerprint density at radius 3 is 2.50 bits per heavy atom. The molecule has 2 aliphatic heterocycles. The van der Waals surface area contributed by atoms with Crippen LogP contribution in [0.25, 0.3) is 0 Å². The van der Waals surface area contributed by atoms with E-state index < -0.39 is 12.1 Å². The number of carboxylic acid groups (broad SMARTS) is 1. The molecule has 2 aromatic rings. The topological polar surface area (TPSA) is 66.8 Å². The summed E-state index contributed by atoms with van der Waals surface area (Å²) in [4.78, 5) is 11.1. The van der Waals surface area contributed by atoms with Gasteiger partial charge in [0.2, 0.25) is 0 Å². The Hall–Kier alpha value is -2.43. The number of carboxylic acids is 1. The highest BCUT2D eigenvalue weighted by Crippen LogP contribution is 2.46. The zero-order valence-corrected chi connectivity index (χ0v) is 18.8. The maximum absolute atomic E-state index is 11.1. The lowest BCUT2D eigenvalue weighted by atomic mass is 9.76. The molecule has 4 heteroatoms. The number of aryl methyl sites for hydroxylation is 1. The van der Waals surface area contributed by atoms with E-state index in [0.717, 1.165) is 44.1 Å². The van der Waals surface area contributed by atoms with Crippen LogP contribution in [0.15, 0.2) is 66.7 Å². The molecule has 0 aromatic heterocycles. The van der Waals surface area contributed by atoms with Crippen LogP contribution in [0.5, 0.6) is 0 Å². The molecule has 0 aliphatic carbocycles. The number of fused-ring (bicyclic) bond motifs is 2. The van der Waals surface area contributed by atoms with Gasteiger partial charge in [0.15, 0.2) is 0 Å². The van der Waals surface area contributed by atoms with Gasteiger partial charge in [0, 0.05) is 11.8 Å². The Balaban J connectivity index is 1.42. The minimum absolute atomic E-state index is 0.114. The van der Waals surface area contributed by atoms with Crippen molar-refractivity contribution in [3.63, 3.8) is 0 Å².